The van der Waals surface area contributed by atoms with Crippen LogP contribution in [-0.4, -0.2) is 54.7 Å². The summed E-state index contributed by atoms with van der Waals surface area (Å²) in [5.41, 5.74) is 6.47. The van der Waals surface area contributed by atoms with E-state index in [9.17, 15) is 24.3 Å². The molecule has 226 valence electrons. The Labute approximate surface area is 236 Å². The lowest BCUT2D eigenvalue weighted by Gasteiger charge is -2.32. The smallest absolute Gasteiger partial charge is 0.480 e. The summed E-state index contributed by atoms with van der Waals surface area (Å²) in [5, 5.41) is 9.77. The number of rotatable bonds is 15. The van der Waals surface area contributed by atoms with Crippen molar-refractivity contribution in [2.75, 3.05) is 13.2 Å². The normalized spacial score (nSPS) is 15.0. The van der Waals surface area contributed by atoms with Gasteiger partial charge in [0.1, 0.15) is 12.1 Å². The number of nitrogens with two attached hydrogens (primary N) is 1. The molecule has 0 aliphatic rings. The maximum absolute atomic E-state index is 12.4. The van der Waals surface area contributed by atoms with Gasteiger partial charge >= 0.3 is 24.2 Å². The van der Waals surface area contributed by atoms with Gasteiger partial charge < -0.3 is 34.5 Å². The molecule has 11 nitrogen and oxygen atoms in total. The Morgan fingerprint density at radius 2 is 1.38 bits per heavy atom. The first-order valence-electron chi connectivity index (χ1n) is 13.7. The largest absolute Gasteiger partial charge is 0.513 e. The van der Waals surface area contributed by atoms with E-state index in [0.717, 1.165) is 6.42 Å². The second kappa shape index (κ2) is 16.7. The van der Waals surface area contributed by atoms with Crippen molar-refractivity contribution in [1.82, 2.24) is 0 Å². The number of carboxylic acids is 1. The summed E-state index contributed by atoms with van der Waals surface area (Å²) in [5.74, 6) is -3.17. The number of hydrogen-bond donors (Lipinski definition) is 2. The summed E-state index contributed by atoms with van der Waals surface area (Å²) < 4.78 is 26.4. The highest BCUT2D eigenvalue weighted by molar-refractivity contribution is 5.75. The molecule has 1 rings (SSSR count). The molecule has 0 aromatic heterocycles. The third-order valence-corrected chi connectivity index (χ3v) is 6.32. The number of aliphatic carboxylic acids is 1. The predicted octanol–water partition coefficient (Wildman–Crippen LogP) is 5.53. The zero-order valence-electron chi connectivity index (χ0n) is 24.8. The van der Waals surface area contributed by atoms with Gasteiger partial charge in [-0.2, -0.15) is 0 Å². The summed E-state index contributed by atoms with van der Waals surface area (Å²) in [4.78, 5) is 49.0. The lowest BCUT2D eigenvalue weighted by Crippen LogP contribution is -2.42. The van der Waals surface area contributed by atoms with Crippen molar-refractivity contribution >= 4 is 24.2 Å². The standard InChI is InChI=1S/C29H45NO10/c1-9-18(6)12-24(31)38-20(8)19(7)25(26(30)27(32)33)21-10-11-22(39-28(34)36-14-16(2)3)23(13-21)40-29(35)37-15-17(4)5/h10-11,13,16-20,25-26H,9,12,14-15,30H2,1-8H3,(H,32,33)/t18?,19?,20?,25?,26-/m0/s1. The van der Waals surface area contributed by atoms with E-state index in [-0.39, 0.29) is 48.9 Å². The molecular weight excluding hydrogens is 522 g/mol. The van der Waals surface area contributed by atoms with Crippen LogP contribution in [0.3, 0.4) is 0 Å². The SMILES string of the molecule is CCC(C)CC(=O)OC(C)C(C)C(c1ccc(OC(=O)OCC(C)C)c(OC(=O)OCC(C)C)c1)[C@H](N)C(=O)O. The number of benzene rings is 1. The Hall–Kier alpha value is -3.34. The minimum Gasteiger partial charge on any atom is -0.480 e. The quantitative estimate of drug-likeness (QED) is 0.156. The fraction of sp³-hybridized carbons (Fsp3) is 0.655. The van der Waals surface area contributed by atoms with Crippen molar-refractivity contribution in [2.24, 2.45) is 29.4 Å². The molecule has 3 N–H and O–H groups in total. The second-order valence-corrected chi connectivity index (χ2v) is 11.0. The highest BCUT2D eigenvalue weighted by Gasteiger charge is 2.36. The first-order chi connectivity index (χ1) is 18.7. The zero-order valence-corrected chi connectivity index (χ0v) is 24.8. The van der Waals surface area contributed by atoms with Gasteiger partial charge in [-0.3, -0.25) is 9.59 Å². The lowest BCUT2D eigenvalue weighted by atomic mass is 9.79. The summed E-state index contributed by atoms with van der Waals surface area (Å²) in [6.07, 6.45) is -1.68. The zero-order chi connectivity index (χ0) is 30.6. The van der Waals surface area contributed by atoms with Crippen LogP contribution in [0, 0.1) is 23.7 Å². The lowest BCUT2D eigenvalue weighted by molar-refractivity contribution is -0.152. The van der Waals surface area contributed by atoms with Crippen molar-refractivity contribution in [1.29, 1.82) is 0 Å². The van der Waals surface area contributed by atoms with Gasteiger partial charge in [-0.05, 0) is 42.4 Å². The highest BCUT2D eigenvalue weighted by Crippen LogP contribution is 2.37. The molecule has 1 aromatic rings. The van der Waals surface area contributed by atoms with E-state index in [1.165, 1.54) is 18.2 Å². The van der Waals surface area contributed by atoms with Crippen LogP contribution in [-0.2, 0) is 23.8 Å². The van der Waals surface area contributed by atoms with Crippen LogP contribution in [0.1, 0.15) is 79.7 Å². The molecule has 0 heterocycles. The maximum Gasteiger partial charge on any atom is 0.513 e. The first-order valence-corrected chi connectivity index (χ1v) is 13.7. The summed E-state index contributed by atoms with van der Waals surface area (Å²) in [7, 11) is 0. The fourth-order valence-corrected chi connectivity index (χ4v) is 3.68. The van der Waals surface area contributed by atoms with Gasteiger partial charge in [0.15, 0.2) is 11.5 Å². The van der Waals surface area contributed by atoms with Crippen LogP contribution in [0.2, 0.25) is 0 Å². The molecule has 1 aromatic carbocycles. The van der Waals surface area contributed by atoms with Gasteiger partial charge in [0, 0.05) is 18.3 Å². The van der Waals surface area contributed by atoms with E-state index < -0.39 is 48.2 Å². The monoisotopic (exact) mass is 567 g/mol. The highest BCUT2D eigenvalue weighted by atomic mass is 16.7. The molecule has 0 aliphatic carbocycles. The predicted molar refractivity (Wildman–Crippen MR) is 147 cm³/mol. The number of carbonyl (C=O) groups excluding carboxylic acids is 3. The number of hydrogen-bond acceptors (Lipinski definition) is 10. The molecule has 4 unspecified atom stereocenters. The minimum absolute atomic E-state index is 0.0453. The molecule has 0 aliphatic heterocycles. The van der Waals surface area contributed by atoms with Crippen molar-refractivity contribution in [3.05, 3.63) is 23.8 Å². The van der Waals surface area contributed by atoms with Crippen molar-refractivity contribution < 1.29 is 48.0 Å². The Balaban J connectivity index is 3.39. The third-order valence-electron chi connectivity index (χ3n) is 6.32. The molecule has 0 fully saturated rings. The van der Waals surface area contributed by atoms with E-state index in [2.05, 4.69) is 0 Å². The van der Waals surface area contributed by atoms with Gasteiger partial charge in [0.2, 0.25) is 0 Å². The Bertz CT molecular complexity index is 993. The van der Waals surface area contributed by atoms with Crippen LogP contribution in [0.15, 0.2) is 18.2 Å². The Morgan fingerprint density at radius 3 is 1.85 bits per heavy atom. The molecule has 0 saturated heterocycles. The van der Waals surface area contributed by atoms with Crippen LogP contribution in [0.25, 0.3) is 0 Å². The third kappa shape index (κ3) is 11.8. The van der Waals surface area contributed by atoms with Gasteiger partial charge in [0.05, 0.1) is 13.2 Å². The van der Waals surface area contributed by atoms with Crippen LogP contribution in [0.4, 0.5) is 9.59 Å². The van der Waals surface area contributed by atoms with E-state index in [0.29, 0.717) is 5.56 Å². The van der Waals surface area contributed by atoms with E-state index in [1.807, 2.05) is 41.5 Å². The number of carbonyl (C=O) groups is 4. The fourth-order valence-electron chi connectivity index (χ4n) is 3.68. The number of ether oxygens (including phenoxy) is 5. The van der Waals surface area contributed by atoms with Gasteiger partial charge in [0.25, 0.3) is 0 Å². The Kier molecular flexibility index (Phi) is 14.5. The molecule has 11 heteroatoms. The summed E-state index contributed by atoms with van der Waals surface area (Å²) in [6.45, 7) is 14.9. The number of esters is 1. The molecule has 0 spiro atoms. The molecule has 5 atom stereocenters. The van der Waals surface area contributed by atoms with E-state index in [4.69, 9.17) is 29.4 Å². The molecule has 0 radical (unpaired) electrons. The maximum atomic E-state index is 12.4. The van der Waals surface area contributed by atoms with Gasteiger partial charge in [-0.25, -0.2) is 9.59 Å². The van der Waals surface area contributed by atoms with E-state index >= 15 is 0 Å². The first kappa shape index (κ1) is 34.7. The number of carboxylic acid groups (broad SMARTS) is 1. The average molecular weight is 568 g/mol. The topological polar surface area (TPSA) is 161 Å². The minimum atomic E-state index is -1.39. The average Bonchev–Trinajstić information content (AvgIpc) is 2.87. The van der Waals surface area contributed by atoms with Crippen LogP contribution < -0.4 is 15.2 Å². The van der Waals surface area contributed by atoms with Crippen molar-refractivity contribution in [3.63, 3.8) is 0 Å². The van der Waals surface area contributed by atoms with Gasteiger partial charge in [-0.1, -0.05) is 61.0 Å². The van der Waals surface area contributed by atoms with E-state index in [1.54, 1.807) is 13.8 Å². The Morgan fingerprint density at radius 1 is 0.850 bits per heavy atom. The molecule has 0 bridgehead atoms. The van der Waals surface area contributed by atoms with Crippen LogP contribution >= 0.6 is 0 Å². The second-order valence-electron chi connectivity index (χ2n) is 11.0. The summed E-state index contributed by atoms with van der Waals surface area (Å²) in [6, 6.07) is 2.83. The van der Waals surface area contributed by atoms with Gasteiger partial charge in [-0.15, -0.1) is 0 Å². The molecule has 40 heavy (non-hydrogen) atoms. The molecular formula is C29H45NO10. The van der Waals surface area contributed by atoms with Crippen molar-refractivity contribution in [2.45, 2.75) is 86.3 Å². The summed E-state index contributed by atoms with van der Waals surface area (Å²) >= 11 is 0. The molecule has 0 saturated carbocycles. The van der Waals surface area contributed by atoms with Crippen LogP contribution in [0.5, 0.6) is 11.5 Å². The molecule has 0 amide bonds. The van der Waals surface area contributed by atoms with Crippen molar-refractivity contribution in [3.8, 4) is 11.5 Å².